The molecule has 7 N–H and O–H groups in total. The number of thioether (sulfide) groups is 1. The number of amides is 5. The van der Waals surface area contributed by atoms with Crippen LogP contribution in [0.15, 0.2) is 36.9 Å². The number of carbonyl (C=O) groups is 5. The maximum absolute atomic E-state index is 14.0. The van der Waals surface area contributed by atoms with Gasteiger partial charge in [0, 0.05) is 83.0 Å². The Morgan fingerprint density at radius 1 is 0.863 bits per heavy atom. The molecule has 0 saturated carbocycles. The first kappa shape index (κ1) is 57.1. The fourth-order valence-electron chi connectivity index (χ4n) is 8.98. The summed E-state index contributed by atoms with van der Waals surface area (Å²) in [5.74, 6) is 1.03. The van der Waals surface area contributed by atoms with Crippen LogP contribution in [-0.4, -0.2) is 194 Å². The van der Waals surface area contributed by atoms with Crippen LogP contribution in [0, 0.1) is 5.92 Å². The van der Waals surface area contributed by atoms with E-state index in [9.17, 15) is 34.2 Å². The Balaban J connectivity index is 0.770. The van der Waals surface area contributed by atoms with E-state index in [0.29, 0.717) is 113 Å². The van der Waals surface area contributed by atoms with Gasteiger partial charge in [-0.2, -0.15) is 11.8 Å². The second-order valence-corrected chi connectivity index (χ2v) is 19.7. The van der Waals surface area contributed by atoms with Crippen LogP contribution < -0.4 is 36.2 Å². The normalized spacial score (nSPS) is 21.6. The zero-order valence-electron chi connectivity index (χ0n) is 42.2. The number of aliphatic hydroxyl groups is 2. The summed E-state index contributed by atoms with van der Waals surface area (Å²) in [4.78, 5) is 78.0. The third-order valence-electron chi connectivity index (χ3n) is 12.8. The molecule has 5 heterocycles. The number of Topliss-reactive ketones (excluding diaryl/α,β-unsaturated/α-hetero) is 2. The zero-order chi connectivity index (χ0) is 52.0. The van der Waals surface area contributed by atoms with Crippen molar-refractivity contribution in [3.8, 4) is 5.75 Å². The number of carbonyl (C=O) groups excluding carboxylic acids is 5. The Hall–Kier alpha value is -5.21. The Kier molecular flexibility index (Phi) is 23.6. The summed E-state index contributed by atoms with van der Waals surface area (Å²) in [6, 6.07) is 6.24. The van der Waals surface area contributed by atoms with E-state index in [1.807, 2.05) is 38.0 Å². The van der Waals surface area contributed by atoms with Gasteiger partial charge in [-0.25, -0.2) is 24.5 Å². The summed E-state index contributed by atoms with van der Waals surface area (Å²) >= 11 is 1.89. The van der Waals surface area contributed by atoms with Gasteiger partial charge < -0.3 is 70.1 Å². The number of nitrogens with one attached hydrogen (secondary N) is 5. The molecular formula is C49H74N10O13S. The second-order valence-electron chi connectivity index (χ2n) is 18.4. The molecule has 23 nitrogen and oxygen atoms in total. The Labute approximate surface area is 430 Å². The largest absolute Gasteiger partial charge is 0.497 e. The number of methoxy groups -OCH3 is 1. The van der Waals surface area contributed by atoms with E-state index in [1.165, 1.54) is 12.7 Å². The topological polar surface area (TPSA) is 288 Å². The Morgan fingerprint density at radius 3 is 2.18 bits per heavy atom. The molecule has 0 bridgehead atoms. The summed E-state index contributed by atoms with van der Waals surface area (Å²) in [6.07, 6.45) is 4.98. The minimum absolute atomic E-state index is 0.0610. The van der Waals surface area contributed by atoms with Crippen LogP contribution in [0.4, 0.5) is 15.4 Å². The highest BCUT2D eigenvalue weighted by Crippen LogP contribution is 2.34. The van der Waals surface area contributed by atoms with Crippen molar-refractivity contribution in [1.82, 2.24) is 46.1 Å². The van der Waals surface area contributed by atoms with Crippen molar-refractivity contribution in [2.45, 2.75) is 106 Å². The number of fused-ring (bicyclic) bond motifs is 2. The van der Waals surface area contributed by atoms with E-state index in [4.69, 9.17) is 28.4 Å². The van der Waals surface area contributed by atoms with E-state index in [0.717, 1.165) is 30.6 Å². The van der Waals surface area contributed by atoms with E-state index >= 15 is 0 Å². The first-order valence-corrected chi connectivity index (χ1v) is 26.3. The fraction of sp³-hybridized carbons (Fsp3) is 0.673. The third kappa shape index (κ3) is 17.7. The monoisotopic (exact) mass is 1040 g/mol. The fourth-order valence-corrected chi connectivity index (χ4v) is 10.5. The van der Waals surface area contributed by atoms with Crippen molar-refractivity contribution in [2.24, 2.45) is 5.92 Å². The molecule has 0 spiro atoms. The standard InChI is InChI=1S/C49H74N10O13S/c1-58(2)44-42-45(53-30-52-44)59(31-54-42)47-43(63)41(38(28-60)72-47)56-46(64)33(26-32-12-14-36(67-3)15-13-32)27-35(62)10-7-19-69-23-25-71-21-17-51-48(65)50-16-20-70-24-22-68-18-6-9-34(61)8-4-5-11-39-40-37(29-73-39)55-49(66)57-40/h12-15,30-31,33,37-41,43,47,60,63H,4-11,16-29H2,1-3H3,(H,56,64)(H2,50,51,65)(H2,55,57,66)/t33-,37+,38-,39+,40+,41-,43-,47-/m1/s1. The van der Waals surface area contributed by atoms with Gasteiger partial charge in [0.25, 0.3) is 0 Å². The average molecular weight is 1040 g/mol. The number of ether oxygens (including phenoxy) is 6. The van der Waals surface area contributed by atoms with Gasteiger partial charge in [-0.05, 0) is 49.8 Å². The van der Waals surface area contributed by atoms with Crippen LogP contribution in [0.25, 0.3) is 11.2 Å². The van der Waals surface area contributed by atoms with E-state index < -0.39 is 42.9 Å². The number of hydrogen-bond acceptors (Lipinski definition) is 18. The molecule has 2 aromatic heterocycles. The minimum Gasteiger partial charge on any atom is -0.497 e. The molecule has 1 aromatic carbocycles. The van der Waals surface area contributed by atoms with Crippen molar-refractivity contribution < 1.29 is 62.6 Å². The molecule has 0 unspecified atom stereocenters. The number of imidazole rings is 1. The maximum Gasteiger partial charge on any atom is 0.315 e. The van der Waals surface area contributed by atoms with E-state index in [2.05, 4.69) is 41.5 Å². The summed E-state index contributed by atoms with van der Waals surface area (Å²) in [6.45, 7) is 2.91. The van der Waals surface area contributed by atoms with E-state index in [1.54, 1.807) is 28.7 Å². The quantitative estimate of drug-likeness (QED) is 0.0326. The molecule has 3 aromatic rings. The van der Waals surface area contributed by atoms with Crippen LogP contribution >= 0.6 is 11.8 Å². The van der Waals surface area contributed by atoms with Crippen LogP contribution in [0.1, 0.15) is 69.6 Å². The van der Waals surface area contributed by atoms with Gasteiger partial charge in [-0.15, -0.1) is 0 Å². The van der Waals surface area contributed by atoms with Gasteiger partial charge in [-0.1, -0.05) is 18.6 Å². The number of hydrogen-bond donors (Lipinski definition) is 7. The second kappa shape index (κ2) is 30.2. The zero-order valence-corrected chi connectivity index (χ0v) is 43.0. The lowest BCUT2D eigenvalue weighted by molar-refractivity contribution is -0.131. The Morgan fingerprint density at radius 2 is 1.52 bits per heavy atom. The van der Waals surface area contributed by atoms with Crippen molar-refractivity contribution >= 4 is 58.3 Å². The number of rotatable bonds is 35. The molecule has 404 valence electrons. The number of aliphatic hydroxyl groups excluding tert-OH is 2. The van der Waals surface area contributed by atoms with Crippen molar-refractivity contribution in [2.75, 3.05) is 104 Å². The summed E-state index contributed by atoms with van der Waals surface area (Å²) < 4.78 is 35.2. The van der Waals surface area contributed by atoms with Gasteiger partial charge >= 0.3 is 12.1 Å². The average Bonchev–Trinajstić information content (AvgIpc) is 4.16. The highest BCUT2D eigenvalue weighted by Gasteiger charge is 2.47. The predicted octanol–water partition coefficient (Wildman–Crippen LogP) is 1.68. The molecule has 6 rings (SSSR count). The molecule has 3 aliphatic heterocycles. The summed E-state index contributed by atoms with van der Waals surface area (Å²) in [5.41, 5.74) is 1.72. The molecular weight excluding hydrogens is 969 g/mol. The minimum atomic E-state index is -1.29. The number of benzene rings is 1. The van der Waals surface area contributed by atoms with Gasteiger partial charge in [0.05, 0.1) is 77.8 Å². The highest BCUT2D eigenvalue weighted by atomic mass is 32.2. The highest BCUT2D eigenvalue weighted by molar-refractivity contribution is 8.00. The van der Waals surface area contributed by atoms with Crippen LogP contribution in [0.3, 0.4) is 0 Å². The first-order valence-electron chi connectivity index (χ1n) is 25.2. The predicted molar refractivity (Wildman–Crippen MR) is 271 cm³/mol. The smallest absolute Gasteiger partial charge is 0.315 e. The van der Waals surface area contributed by atoms with Crippen molar-refractivity contribution in [1.29, 1.82) is 0 Å². The number of nitrogens with zero attached hydrogens (tertiary/aromatic N) is 5. The number of aromatic nitrogens is 4. The number of anilines is 1. The summed E-state index contributed by atoms with van der Waals surface area (Å²) in [5, 5.41) is 36.5. The third-order valence-corrected chi connectivity index (χ3v) is 14.3. The Bertz CT molecular complexity index is 2210. The van der Waals surface area contributed by atoms with E-state index in [-0.39, 0.29) is 61.6 Å². The first-order chi connectivity index (χ1) is 35.4. The van der Waals surface area contributed by atoms with Crippen molar-refractivity contribution in [3.05, 3.63) is 42.5 Å². The molecule has 8 atom stereocenters. The van der Waals surface area contributed by atoms with Gasteiger partial charge in [0.1, 0.15) is 35.9 Å². The van der Waals surface area contributed by atoms with Gasteiger partial charge in [0.15, 0.2) is 23.2 Å². The molecule has 3 aliphatic rings. The van der Waals surface area contributed by atoms with Gasteiger partial charge in [0.2, 0.25) is 5.91 Å². The molecule has 0 radical (unpaired) electrons. The lowest BCUT2D eigenvalue weighted by Crippen LogP contribution is -2.50. The molecule has 73 heavy (non-hydrogen) atoms. The lowest BCUT2D eigenvalue weighted by Gasteiger charge is -2.24. The van der Waals surface area contributed by atoms with Crippen LogP contribution in [0.2, 0.25) is 0 Å². The number of unbranched alkanes of at least 4 members (excludes halogenated alkanes) is 1. The molecule has 3 fully saturated rings. The molecule has 5 amide bonds. The van der Waals surface area contributed by atoms with Crippen LogP contribution in [0.5, 0.6) is 5.75 Å². The number of ketones is 2. The molecule has 0 aliphatic carbocycles. The van der Waals surface area contributed by atoms with Crippen LogP contribution in [-0.2, 0) is 44.5 Å². The maximum atomic E-state index is 14.0. The van der Waals surface area contributed by atoms with Gasteiger partial charge in [-0.3, -0.25) is 19.0 Å². The molecule has 24 heteroatoms. The lowest BCUT2D eigenvalue weighted by atomic mass is 9.91. The number of urea groups is 2. The summed E-state index contributed by atoms with van der Waals surface area (Å²) in [7, 11) is 5.21. The van der Waals surface area contributed by atoms with Crippen molar-refractivity contribution in [3.63, 3.8) is 0 Å². The SMILES string of the molecule is COc1ccc(C[C@H](CC(=O)CCCOCCOCCNC(=O)NCCOCCOCCCC(=O)CCCC[C@@H]2SC[C@@H]3NC(=O)N[C@@H]32)C(=O)N[C@H]2[C@@H](O)[C@H](n3cnc4c(N(C)C)ncnc43)O[C@@H]2CO)cc1. The molecule has 3 saturated heterocycles.